The minimum atomic E-state index is -0.289. The summed E-state index contributed by atoms with van der Waals surface area (Å²) in [5.74, 6) is -0.365. The van der Waals surface area contributed by atoms with Gasteiger partial charge in [-0.15, -0.1) is 0 Å². The standard InChI is InChI=1S/C21H22ClN3O2/c22-18-6-2-1-5-16(18)20(26)24-15-9-10-19(25-11-3-4-12-25)17(13-15)21(27)23-14-7-8-14/h1-2,5-6,9-10,13-14H,3-4,7-8,11-12H2,(H,23,27)(H,24,26). The summed E-state index contributed by atoms with van der Waals surface area (Å²) in [4.78, 5) is 27.5. The number of halogens is 1. The van der Waals surface area contributed by atoms with Crippen molar-refractivity contribution in [3.8, 4) is 0 Å². The van der Waals surface area contributed by atoms with E-state index in [1.54, 1.807) is 30.3 Å². The summed E-state index contributed by atoms with van der Waals surface area (Å²) in [5, 5.41) is 6.31. The summed E-state index contributed by atoms with van der Waals surface area (Å²) in [6, 6.07) is 12.7. The van der Waals surface area contributed by atoms with Gasteiger partial charge in [-0.25, -0.2) is 0 Å². The number of hydrogen-bond donors (Lipinski definition) is 2. The minimum absolute atomic E-state index is 0.0757. The highest BCUT2D eigenvalue weighted by molar-refractivity contribution is 6.34. The van der Waals surface area contributed by atoms with Crippen LogP contribution in [0.5, 0.6) is 0 Å². The van der Waals surface area contributed by atoms with Crippen molar-refractivity contribution in [1.29, 1.82) is 0 Å². The van der Waals surface area contributed by atoms with E-state index in [-0.39, 0.29) is 17.9 Å². The highest BCUT2D eigenvalue weighted by atomic mass is 35.5. The molecule has 5 nitrogen and oxygen atoms in total. The predicted molar refractivity (Wildman–Crippen MR) is 108 cm³/mol. The lowest BCUT2D eigenvalue weighted by Gasteiger charge is -2.22. The molecular weight excluding hydrogens is 362 g/mol. The summed E-state index contributed by atoms with van der Waals surface area (Å²) in [5.41, 5.74) is 2.54. The van der Waals surface area contributed by atoms with Crippen LogP contribution in [0.25, 0.3) is 0 Å². The number of hydrogen-bond acceptors (Lipinski definition) is 3. The molecule has 27 heavy (non-hydrogen) atoms. The smallest absolute Gasteiger partial charge is 0.257 e. The summed E-state index contributed by atoms with van der Waals surface area (Å²) in [6.07, 6.45) is 4.34. The van der Waals surface area contributed by atoms with Gasteiger partial charge in [0.2, 0.25) is 0 Å². The van der Waals surface area contributed by atoms with Crippen LogP contribution in [0.2, 0.25) is 5.02 Å². The normalized spacial score (nSPS) is 16.3. The maximum absolute atomic E-state index is 12.8. The highest BCUT2D eigenvalue weighted by Crippen LogP contribution is 2.29. The van der Waals surface area contributed by atoms with Gasteiger partial charge in [-0.2, -0.15) is 0 Å². The lowest BCUT2D eigenvalue weighted by atomic mass is 10.1. The largest absolute Gasteiger partial charge is 0.371 e. The Hall–Kier alpha value is -2.53. The van der Waals surface area contributed by atoms with E-state index in [0.717, 1.165) is 44.5 Å². The summed E-state index contributed by atoms with van der Waals surface area (Å²) < 4.78 is 0. The Morgan fingerprint density at radius 1 is 0.963 bits per heavy atom. The van der Waals surface area contributed by atoms with Crippen molar-refractivity contribution in [1.82, 2.24) is 5.32 Å². The van der Waals surface area contributed by atoms with Crippen LogP contribution in [-0.4, -0.2) is 30.9 Å². The third kappa shape index (κ3) is 4.08. The van der Waals surface area contributed by atoms with Gasteiger partial charge >= 0.3 is 0 Å². The van der Waals surface area contributed by atoms with E-state index in [2.05, 4.69) is 15.5 Å². The molecule has 2 fully saturated rings. The van der Waals surface area contributed by atoms with Gasteiger partial charge in [-0.05, 0) is 56.0 Å². The topological polar surface area (TPSA) is 61.4 Å². The van der Waals surface area contributed by atoms with Crippen LogP contribution in [0.1, 0.15) is 46.4 Å². The van der Waals surface area contributed by atoms with E-state index in [9.17, 15) is 9.59 Å². The number of nitrogens with one attached hydrogen (secondary N) is 2. The SMILES string of the molecule is O=C(Nc1ccc(N2CCCC2)c(C(=O)NC2CC2)c1)c1ccccc1Cl. The molecule has 1 aliphatic heterocycles. The second-order valence-corrected chi connectivity index (χ2v) is 7.51. The number of carbonyl (C=O) groups excluding carboxylic acids is 2. The van der Waals surface area contributed by atoms with Gasteiger partial charge in [-0.3, -0.25) is 9.59 Å². The average Bonchev–Trinajstić information content (AvgIpc) is 3.31. The van der Waals surface area contributed by atoms with Crippen molar-refractivity contribution in [2.75, 3.05) is 23.3 Å². The Kier molecular flexibility index (Phi) is 5.03. The lowest BCUT2D eigenvalue weighted by Crippen LogP contribution is -2.29. The zero-order valence-electron chi connectivity index (χ0n) is 15.0. The molecule has 1 heterocycles. The summed E-state index contributed by atoms with van der Waals surface area (Å²) >= 11 is 6.11. The molecule has 1 saturated carbocycles. The molecule has 2 aromatic carbocycles. The molecule has 2 amide bonds. The summed E-state index contributed by atoms with van der Waals surface area (Å²) in [7, 11) is 0. The number of benzene rings is 2. The van der Waals surface area contributed by atoms with Crippen LogP contribution < -0.4 is 15.5 Å². The molecule has 0 spiro atoms. The first-order valence-corrected chi connectivity index (χ1v) is 9.75. The fraction of sp³-hybridized carbons (Fsp3) is 0.333. The second-order valence-electron chi connectivity index (χ2n) is 7.11. The lowest BCUT2D eigenvalue weighted by molar-refractivity contribution is 0.0950. The maximum Gasteiger partial charge on any atom is 0.257 e. The predicted octanol–water partition coefficient (Wildman–Crippen LogP) is 4.08. The number of amides is 2. The zero-order valence-corrected chi connectivity index (χ0v) is 15.8. The third-order valence-electron chi connectivity index (χ3n) is 4.98. The van der Waals surface area contributed by atoms with Crippen molar-refractivity contribution in [2.24, 2.45) is 0 Å². The molecule has 0 radical (unpaired) electrons. The molecule has 1 saturated heterocycles. The third-order valence-corrected chi connectivity index (χ3v) is 5.31. The molecule has 2 aromatic rings. The quantitative estimate of drug-likeness (QED) is 0.817. The van der Waals surface area contributed by atoms with Crippen molar-refractivity contribution < 1.29 is 9.59 Å². The van der Waals surface area contributed by atoms with Crippen molar-refractivity contribution in [2.45, 2.75) is 31.7 Å². The van der Waals surface area contributed by atoms with E-state index in [1.807, 2.05) is 12.1 Å². The van der Waals surface area contributed by atoms with Crippen LogP contribution in [0.15, 0.2) is 42.5 Å². The Balaban J connectivity index is 1.60. The Morgan fingerprint density at radius 3 is 2.41 bits per heavy atom. The Morgan fingerprint density at radius 2 is 1.70 bits per heavy atom. The van der Waals surface area contributed by atoms with Crippen LogP contribution in [0.3, 0.4) is 0 Å². The van der Waals surface area contributed by atoms with E-state index in [4.69, 9.17) is 11.6 Å². The Bertz CT molecular complexity index is 873. The first kappa shape index (κ1) is 17.9. The van der Waals surface area contributed by atoms with Crippen LogP contribution >= 0.6 is 11.6 Å². The molecule has 0 unspecified atom stereocenters. The number of nitrogens with zero attached hydrogens (tertiary/aromatic N) is 1. The molecule has 0 bridgehead atoms. The number of rotatable bonds is 5. The molecule has 6 heteroatoms. The van der Waals surface area contributed by atoms with E-state index in [0.29, 0.717) is 21.8 Å². The second kappa shape index (κ2) is 7.61. The molecule has 140 valence electrons. The van der Waals surface area contributed by atoms with E-state index >= 15 is 0 Å². The van der Waals surface area contributed by atoms with Gasteiger partial charge < -0.3 is 15.5 Å². The monoisotopic (exact) mass is 383 g/mol. The van der Waals surface area contributed by atoms with Gasteiger partial charge in [0.1, 0.15) is 0 Å². The van der Waals surface area contributed by atoms with Crippen LogP contribution in [0, 0.1) is 0 Å². The molecule has 2 N–H and O–H groups in total. The Labute approximate surface area is 163 Å². The van der Waals surface area contributed by atoms with Gasteiger partial charge in [0.15, 0.2) is 0 Å². The van der Waals surface area contributed by atoms with Gasteiger partial charge in [0, 0.05) is 30.5 Å². The van der Waals surface area contributed by atoms with Gasteiger partial charge in [0.25, 0.3) is 11.8 Å². The van der Waals surface area contributed by atoms with Crippen LogP contribution in [-0.2, 0) is 0 Å². The minimum Gasteiger partial charge on any atom is -0.371 e. The summed E-state index contributed by atoms with van der Waals surface area (Å²) in [6.45, 7) is 1.91. The molecule has 2 aliphatic rings. The average molecular weight is 384 g/mol. The van der Waals surface area contributed by atoms with E-state index in [1.165, 1.54) is 0 Å². The maximum atomic E-state index is 12.8. The molecule has 0 atom stereocenters. The fourth-order valence-electron chi connectivity index (χ4n) is 3.36. The van der Waals surface area contributed by atoms with Crippen LogP contribution in [0.4, 0.5) is 11.4 Å². The first-order valence-electron chi connectivity index (χ1n) is 9.37. The van der Waals surface area contributed by atoms with Crippen molar-refractivity contribution in [3.63, 3.8) is 0 Å². The number of anilines is 2. The number of carbonyl (C=O) groups is 2. The van der Waals surface area contributed by atoms with Crippen molar-refractivity contribution >= 4 is 34.8 Å². The first-order chi connectivity index (χ1) is 13.1. The van der Waals surface area contributed by atoms with Gasteiger partial charge in [0.05, 0.1) is 16.1 Å². The zero-order chi connectivity index (χ0) is 18.8. The highest BCUT2D eigenvalue weighted by Gasteiger charge is 2.27. The van der Waals surface area contributed by atoms with Gasteiger partial charge in [-0.1, -0.05) is 23.7 Å². The molecule has 4 rings (SSSR count). The molecule has 1 aliphatic carbocycles. The fourth-order valence-corrected chi connectivity index (χ4v) is 3.59. The molecular formula is C21H22ClN3O2. The van der Waals surface area contributed by atoms with Crippen molar-refractivity contribution in [3.05, 3.63) is 58.6 Å². The molecule has 0 aromatic heterocycles. The van der Waals surface area contributed by atoms with E-state index < -0.39 is 0 Å².